The minimum atomic E-state index is -5.09. The average Bonchev–Trinajstić information content (AvgIpc) is 2.57. The quantitative estimate of drug-likeness (QED) is 0.341. The highest BCUT2D eigenvalue weighted by atomic mass is 32.2. The maximum Gasteiger partial charge on any atom is 0.270 e. The van der Waals surface area contributed by atoms with E-state index in [1.807, 2.05) is 0 Å². The van der Waals surface area contributed by atoms with Gasteiger partial charge in [0, 0.05) is 0 Å². The van der Waals surface area contributed by atoms with Gasteiger partial charge in [0.1, 0.15) is 0 Å². The zero-order chi connectivity index (χ0) is 18.9. The summed E-state index contributed by atoms with van der Waals surface area (Å²) >= 11 is 0. The van der Waals surface area contributed by atoms with E-state index in [1.54, 1.807) is 6.92 Å². The monoisotopic (exact) mass is 377 g/mol. The van der Waals surface area contributed by atoms with Gasteiger partial charge in [-0.3, -0.25) is 4.31 Å². The number of nitrogens with zero attached hydrogens (tertiary/aromatic N) is 1. The van der Waals surface area contributed by atoms with E-state index in [4.69, 9.17) is 0 Å². The number of sulfonamides is 1. The molecule has 0 N–H and O–H groups in total. The number of rotatable bonds is 5. The predicted molar refractivity (Wildman–Crippen MR) is 82.1 cm³/mol. The fraction of sp³-hybridized carbons (Fsp3) is 0.125. The van der Waals surface area contributed by atoms with Crippen LogP contribution in [0.5, 0.6) is 0 Å². The summed E-state index contributed by atoms with van der Waals surface area (Å²) in [6.07, 6.45) is 1.11. The molecule has 0 heterocycles. The van der Waals surface area contributed by atoms with Crippen LogP contribution >= 0.6 is 0 Å². The van der Waals surface area contributed by atoms with Crippen LogP contribution in [0.1, 0.15) is 5.56 Å². The number of hydrogen-bond acceptors (Lipinski definition) is 2. The molecule has 0 saturated heterocycles. The van der Waals surface area contributed by atoms with Crippen molar-refractivity contribution in [1.82, 2.24) is 0 Å². The van der Waals surface area contributed by atoms with Crippen LogP contribution in [0.25, 0.3) is 0 Å². The maximum atomic E-state index is 13.9. The third-order valence-electron chi connectivity index (χ3n) is 3.33. The summed E-state index contributed by atoms with van der Waals surface area (Å²) in [4.78, 5) is -1.91. The Hall–Kier alpha value is -2.42. The highest BCUT2D eigenvalue weighted by Gasteiger charge is 2.37. The summed E-state index contributed by atoms with van der Waals surface area (Å²) in [5.41, 5.74) is 0.755. The smallest absolute Gasteiger partial charge is 0.262 e. The number of aryl methyl sites for hydroxylation is 1. The lowest BCUT2D eigenvalue weighted by Crippen LogP contribution is -2.33. The molecule has 0 radical (unpaired) electrons. The molecule has 2 rings (SSSR count). The number of halogens is 5. The number of benzene rings is 2. The molecule has 0 aromatic heterocycles. The molecule has 0 unspecified atom stereocenters. The van der Waals surface area contributed by atoms with E-state index in [2.05, 4.69) is 6.58 Å². The molecule has 2 aromatic rings. The predicted octanol–water partition coefficient (Wildman–Crippen LogP) is 4.07. The van der Waals surface area contributed by atoms with Crippen molar-refractivity contribution in [2.45, 2.75) is 11.8 Å². The highest BCUT2D eigenvalue weighted by Crippen LogP contribution is 2.31. The van der Waals surface area contributed by atoms with Gasteiger partial charge < -0.3 is 0 Å². The van der Waals surface area contributed by atoms with Crippen LogP contribution in [0.4, 0.5) is 27.6 Å². The Labute approximate surface area is 141 Å². The Morgan fingerprint density at radius 2 is 1.36 bits per heavy atom. The molecule has 0 bridgehead atoms. The summed E-state index contributed by atoms with van der Waals surface area (Å²) in [6.45, 7) is 4.63. The second-order valence-electron chi connectivity index (χ2n) is 5.06. The van der Waals surface area contributed by atoms with Crippen LogP contribution in [-0.4, -0.2) is 15.0 Å². The minimum absolute atomic E-state index is 0.0190. The standard InChI is InChI=1S/C16H12F5NO2S/c1-3-8-22(10-6-4-9(2)5-7-10)25(23,24)16-14(20)12(18)11(17)13(19)15(16)21/h3-7H,1,8H2,2H3. The third kappa shape index (κ3) is 3.23. The molecule has 0 atom stereocenters. The van der Waals surface area contributed by atoms with Gasteiger partial charge in [-0.25, -0.2) is 30.4 Å². The summed E-state index contributed by atoms with van der Waals surface area (Å²) in [6, 6.07) is 5.73. The SMILES string of the molecule is C=CCN(c1ccc(C)cc1)S(=O)(=O)c1c(F)c(F)c(F)c(F)c1F. The second kappa shape index (κ2) is 6.83. The first kappa shape index (κ1) is 18.9. The lowest BCUT2D eigenvalue weighted by atomic mass is 10.2. The van der Waals surface area contributed by atoms with Gasteiger partial charge in [0.05, 0.1) is 12.2 Å². The zero-order valence-corrected chi connectivity index (χ0v) is 13.7. The van der Waals surface area contributed by atoms with Crippen LogP contribution in [-0.2, 0) is 10.0 Å². The number of anilines is 1. The van der Waals surface area contributed by atoms with E-state index >= 15 is 0 Å². The van der Waals surface area contributed by atoms with Crippen molar-refractivity contribution in [3.05, 3.63) is 71.6 Å². The lowest BCUT2D eigenvalue weighted by molar-refractivity contribution is 0.357. The molecule has 25 heavy (non-hydrogen) atoms. The van der Waals surface area contributed by atoms with Gasteiger partial charge in [-0.15, -0.1) is 6.58 Å². The van der Waals surface area contributed by atoms with Gasteiger partial charge in [-0.2, -0.15) is 0 Å². The maximum absolute atomic E-state index is 13.9. The topological polar surface area (TPSA) is 37.4 Å². The van der Waals surface area contributed by atoms with E-state index in [-0.39, 0.29) is 5.69 Å². The Kier molecular flexibility index (Phi) is 5.17. The van der Waals surface area contributed by atoms with Crippen molar-refractivity contribution in [3.8, 4) is 0 Å². The fourth-order valence-electron chi connectivity index (χ4n) is 2.09. The molecule has 0 fully saturated rings. The Morgan fingerprint density at radius 3 is 1.80 bits per heavy atom. The van der Waals surface area contributed by atoms with Crippen molar-refractivity contribution >= 4 is 15.7 Å². The van der Waals surface area contributed by atoms with Gasteiger partial charge in [-0.1, -0.05) is 23.8 Å². The Morgan fingerprint density at radius 1 is 0.920 bits per heavy atom. The van der Waals surface area contributed by atoms with Crippen LogP contribution < -0.4 is 4.31 Å². The fourth-order valence-corrected chi connectivity index (χ4v) is 3.65. The van der Waals surface area contributed by atoms with Gasteiger partial charge in [0.2, 0.25) is 5.82 Å². The van der Waals surface area contributed by atoms with Crippen LogP contribution in [0.15, 0.2) is 41.8 Å². The minimum Gasteiger partial charge on any atom is -0.262 e. The summed E-state index contributed by atoms with van der Waals surface area (Å²) in [5, 5.41) is 0. The first-order chi connectivity index (χ1) is 11.6. The molecule has 9 heteroatoms. The van der Waals surface area contributed by atoms with Crippen molar-refractivity contribution < 1.29 is 30.4 Å². The van der Waals surface area contributed by atoms with Crippen molar-refractivity contribution in [2.75, 3.05) is 10.8 Å². The Balaban J connectivity index is 2.75. The lowest BCUT2D eigenvalue weighted by Gasteiger charge is -2.24. The van der Waals surface area contributed by atoms with Gasteiger partial charge in [0.25, 0.3) is 10.0 Å². The molecular formula is C16H12F5NO2S. The van der Waals surface area contributed by atoms with Crippen molar-refractivity contribution in [3.63, 3.8) is 0 Å². The molecule has 2 aromatic carbocycles. The van der Waals surface area contributed by atoms with Crippen LogP contribution in [0, 0.1) is 36.0 Å². The van der Waals surface area contributed by atoms with Crippen molar-refractivity contribution in [1.29, 1.82) is 0 Å². The zero-order valence-electron chi connectivity index (χ0n) is 12.9. The molecule has 0 aliphatic heterocycles. The average molecular weight is 377 g/mol. The first-order valence-corrected chi connectivity index (χ1v) is 8.28. The van der Waals surface area contributed by atoms with Gasteiger partial charge >= 0.3 is 0 Å². The third-order valence-corrected chi connectivity index (χ3v) is 5.15. The van der Waals surface area contributed by atoms with Crippen molar-refractivity contribution in [2.24, 2.45) is 0 Å². The first-order valence-electron chi connectivity index (χ1n) is 6.84. The molecule has 0 saturated carbocycles. The number of hydrogen-bond donors (Lipinski definition) is 0. The molecule has 0 spiro atoms. The molecule has 3 nitrogen and oxygen atoms in total. The van der Waals surface area contributed by atoms with E-state index in [0.29, 0.717) is 4.31 Å². The van der Waals surface area contributed by atoms with E-state index in [0.717, 1.165) is 11.6 Å². The molecule has 134 valence electrons. The largest absolute Gasteiger partial charge is 0.270 e. The summed E-state index contributed by atoms with van der Waals surface area (Å²) < 4.78 is 93.5. The summed E-state index contributed by atoms with van der Waals surface area (Å²) in [7, 11) is -5.09. The summed E-state index contributed by atoms with van der Waals surface area (Å²) in [5.74, 6) is -11.9. The van der Waals surface area contributed by atoms with E-state index in [9.17, 15) is 30.4 Å². The second-order valence-corrected chi connectivity index (χ2v) is 6.86. The van der Waals surface area contributed by atoms with Crippen LogP contribution in [0.2, 0.25) is 0 Å². The van der Waals surface area contributed by atoms with E-state index < -0.39 is 50.5 Å². The molecular weight excluding hydrogens is 365 g/mol. The van der Waals surface area contributed by atoms with E-state index in [1.165, 1.54) is 24.3 Å². The van der Waals surface area contributed by atoms with Gasteiger partial charge in [0.15, 0.2) is 28.2 Å². The Bertz CT molecular complexity index is 898. The van der Waals surface area contributed by atoms with Crippen LogP contribution in [0.3, 0.4) is 0 Å². The normalized spacial score (nSPS) is 11.4. The molecule has 0 aliphatic rings. The van der Waals surface area contributed by atoms with Gasteiger partial charge in [-0.05, 0) is 19.1 Å². The molecule has 0 amide bonds. The highest BCUT2D eigenvalue weighted by molar-refractivity contribution is 7.92. The molecule has 0 aliphatic carbocycles.